The molecule has 0 radical (unpaired) electrons. The molecule has 1 aliphatic heterocycles. The van der Waals surface area contributed by atoms with E-state index < -0.39 is 0 Å². The maximum Gasteiger partial charge on any atom is 0.407 e. The van der Waals surface area contributed by atoms with Crippen LogP contribution in [-0.4, -0.2) is 37.2 Å². The van der Waals surface area contributed by atoms with Gasteiger partial charge in [-0.25, -0.2) is 4.79 Å². The predicted molar refractivity (Wildman–Crippen MR) is 75.1 cm³/mol. The monoisotopic (exact) mass is 283 g/mol. The molecular weight excluding hydrogens is 266 g/mol. The van der Waals surface area contributed by atoms with E-state index in [-0.39, 0.29) is 12.1 Å². The molecule has 0 aromatic heterocycles. The Morgan fingerprint density at radius 2 is 2.42 bits per heavy atom. The van der Waals surface area contributed by atoms with Gasteiger partial charge in [0.1, 0.15) is 0 Å². The van der Waals surface area contributed by atoms with Crippen LogP contribution in [-0.2, 0) is 11.3 Å². The number of likely N-dealkylation sites (tertiary alicyclic amines) is 1. The lowest BCUT2D eigenvalue weighted by Crippen LogP contribution is -2.36. The number of halogens is 1. The van der Waals surface area contributed by atoms with Gasteiger partial charge in [0.05, 0.1) is 7.11 Å². The number of nitrogens with one attached hydrogen (secondary N) is 1. The Bertz CT molecular complexity index is 467. The van der Waals surface area contributed by atoms with Crippen molar-refractivity contribution >= 4 is 23.4 Å². The number of carbonyl (C=O) groups is 1. The number of nitrogens with zero attached hydrogens (tertiary/aromatic N) is 1. The van der Waals surface area contributed by atoms with Crippen molar-refractivity contribution in [2.75, 3.05) is 25.9 Å². The Labute approximate surface area is 117 Å². The third-order valence-corrected chi connectivity index (χ3v) is 3.52. The van der Waals surface area contributed by atoms with Gasteiger partial charge in [-0.15, -0.1) is 0 Å². The number of hydrogen-bond donors (Lipinski definition) is 2. The second-order valence-corrected chi connectivity index (χ2v) is 5.14. The number of hydrogen-bond acceptors (Lipinski definition) is 4. The summed E-state index contributed by atoms with van der Waals surface area (Å²) in [5.41, 5.74) is 7.70. The first-order valence-electron chi connectivity index (χ1n) is 6.19. The highest BCUT2D eigenvalue weighted by Gasteiger charge is 2.24. The van der Waals surface area contributed by atoms with Gasteiger partial charge >= 0.3 is 6.09 Å². The summed E-state index contributed by atoms with van der Waals surface area (Å²) >= 11 is 5.88. The topological polar surface area (TPSA) is 67.6 Å². The Hall–Kier alpha value is -1.46. The highest BCUT2D eigenvalue weighted by Crippen LogP contribution is 2.21. The number of anilines is 1. The van der Waals surface area contributed by atoms with E-state index in [1.54, 1.807) is 6.07 Å². The van der Waals surface area contributed by atoms with E-state index in [2.05, 4.69) is 15.0 Å². The number of nitrogens with two attached hydrogens (primary N) is 1. The van der Waals surface area contributed by atoms with Gasteiger partial charge in [-0.2, -0.15) is 0 Å². The minimum absolute atomic E-state index is 0.140. The van der Waals surface area contributed by atoms with Crippen LogP contribution in [0.2, 0.25) is 5.02 Å². The average molecular weight is 284 g/mol. The molecule has 1 saturated heterocycles. The molecule has 0 spiro atoms. The quantitative estimate of drug-likeness (QED) is 0.831. The van der Waals surface area contributed by atoms with E-state index >= 15 is 0 Å². The highest BCUT2D eigenvalue weighted by molar-refractivity contribution is 6.30. The molecule has 0 aliphatic carbocycles. The molecule has 1 aliphatic rings. The molecule has 1 aromatic carbocycles. The van der Waals surface area contributed by atoms with Gasteiger partial charge in [0, 0.05) is 36.4 Å². The van der Waals surface area contributed by atoms with Crippen molar-refractivity contribution in [1.29, 1.82) is 0 Å². The molecule has 1 atom stereocenters. The van der Waals surface area contributed by atoms with Gasteiger partial charge in [-0.1, -0.05) is 17.7 Å². The van der Waals surface area contributed by atoms with Crippen LogP contribution in [0.5, 0.6) is 0 Å². The van der Waals surface area contributed by atoms with E-state index in [9.17, 15) is 4.79 Å². The first-order chi connectivity index (χ1) is 9.08. The van der Waals surface area contributed by atoms with Gasteiger partial charge in [0.25, 0.3) is 0 Å². The fourth-order valence-electron chi connectivity index (χ4n) is 2.27. The number of ether oxygens (including phenoxy) is 1. The molecule has 19 heavy (non-hydrogen) atoms. The molecule has 2 rings (SSSR count). The first-order valence-corrected chi connectivity index (χ1v) is 6.57. The molecule has 1 fully saturated rings. The van der Waals surface area contributed by atoms with Gasteiger partial charge in [-0.05, 0) is 24.1 Å². The zero-order valence-electron chi connectivity index (χ0n) is 10.9. The Kier molecular flexibility index (Phi) is 4.50. The van der Waals surface area contributed by atoms with E-state index in [4.69, 9.17) is 17.3 Å². The van der Waals surface area contributed by atoms with Crippen LogP contribution in [0.1, 0.15) is 12.0 Å². The highest BCUT2D eigenvalue weighted by atomic mass is 35.5. The van der Waals surface area contributed by atoms with E-state index in [1.165, 1.54) is 7.11 Å². The summed E-state index contributed by atoms with van der Waals surface area (Å²) in [6.07, 6.45) is 0.542. The largest absolute Gasteiger partial charge is 0.453 e. The van der Waals surface area contributed by atoms with E-state index in [0.29, 0.717) is 10.7 Å². The van der Waals surface area contributed by atoms with Crippen molar-refractivity contribution < 1.29 is 9.53 Å². The maximum atomic E-state index is 11.1. The standard InChI is InChI=1S/C13H18ClN3O2/c1-19-13(18)16-11-4-5-17(8-11)7-9-2-3-10(14)6-12(9)15/h2-3,6,11H,4-5,7-8,15H2,1H3,(H,16,18). The molecule has 6 heteroatoms. The number of benzene rings is 1. The Balaban J connectivity index is 1.89. The summed E-state index contributed by atoms with van der Waals surface area (Å²) in [5.74, 6) is 0. The Morgan fingerprint density at radius 3 is 3.11 bits per heavy atom. The zero-order chi connectivity index (χ0) is 13.8. The normalized spacial score (nSPS) is 19.4. The van der Waals surface area contributed by atoms with Crippen LogP contribution >= 0.6 is 11.6 Å². The molecule has 1 unspecified atom stereocenters. The fraction of sp³-hybridized carbons (Fsp3) is 0.462. The second-order valence-electron chi connectivity index (χ2n) is 4.70. The lowest BCUT2D eigenvalue weighted by atomic mass is 10.1. The van der Waals surface area contributed by atoms with Crippen molar-refractivity contribution in [1.82, 2.24) is 10.2 Å². The van der Waals surface area contributed by atoms with Crippen molar-refractivity contribution in [3.05, 3.63) is 28.8 Å². The van der Waals surface area contributed by atoms with Gasteiger partial charge in [0.2, 0.25) is 0 Å². The van der Waals surface area contributed by atoms with Gasteiger partial charge in [-0.3, -0.25) is 4.90 Å². The van der Waals surface area contributed by atoms with Crippen molar-refractivity contribution in [2.45, 2.75) is 19.0 Å². The summed E-state index contributed by atoms with van der Waals surface area (Å²) in [5, 5.41) is 3.46. The van der Waals surface area contributed by atoms with E-state index in [0.717, 1.165) is 31.6 Å². The first kappa shape index (κ1) is 14.0. The predicted octanol–water partition coefficient (Wildman–Crippen LogP) is 1.85. The lowest BCUT2D eigenvalue weighted by molar-refractivity contribution is 0.166. The third kappa shape index (κ3) is 3.75. The van der Waals surface area contributed by atoms with Crippen molar-refractivity contribution in [3.63, 3.8) is 0 Å². The van der Waals surface area contributed by atoms with Crippen LogP contribution in [0.15, 0.2) is 18.2 Å². The lowest BCUT2D eigenvalue weighted by Gasteiger charge is -2.17. The number of alkyl carbamates (subject to hydrolysis) is 1. The molecule has 0 saturated carbocycles. The van der Waals surface area contributed by atoms with Crippen LogP contribution in [0, 0.1) is 0 Å². The SMILES string of the molecule is COC(=O)NC1CCN(Cc2ccc(Cl)cc2N)C1. The molecule has 104 valence electrons. The van der Waals surface area contributed by atoms with E-state index in [1.807, 2.05) is 12.1 Å². The maximum absolute atomic E-state index is 11.1. The average Bonchev–Trinajstić information content (AvgIpc) is 2.80. The number of rotatable bonds is 3. The number of methoxy groups -OCH3 is 1. The molecule has 3 N–H and O–H groups in total. The second kappa shape index (κ2) is 6.12. The van der Waals surface area contributed by atoms with Crippen LogP contribution in [0.25, 0.3) is 0 Å². The third-order valence-electron chi connectivity index (χ3n) is 3.28. The summed E-state index contributed by atoms with van der Waals surface area (Å²) in [4.78, 5) is 13.4. The number of carbonyl (C=O) groups excluding carboxylic acids is 1. The van der Waals surface area contributed by atoms with Crippen molar-refractivity contribution in [3.8, 4) is 0 Å². The number of amides is 1. The molecular formula is C13H18ClN3O2. The molecule has 0 bridgehead atoms. The summed E-state index contributed by atoms with van der Waals surface area (Å²) < 4.78 is 4.59. The summed E-state index contributed by atoms with van der Waals surface area (Å²) in [6.45, 7) is 2.50. The zero-order valence-corrected chi connectivity index (χ0v) is 11.6. The van der Waals surface area contributed by atoms with Crippen LogP contribution in [0.4, 0.5) is 10.5 Å². The van der Waals surface area contributed by atoms with Gasteiger partial charge < -0.3 is 15.8 Å². The minimum Gasteiger partial charge on any atom is -0.453 e. The molecule has 1 aromatic rings. The van der Waals surface area contributed by atoms with Gasteiger partial charge in [0.15, 0.2) is 0 Å². The molecule has 1 amide bonds. The summed E-state index contributed by atoms with van der Waals surface area (Å²) in [7, 11) is 1.37. The smallest absolute Gasteiger partial charge is 0.407 e. The van der Waals surface area contributed by atoms with Crippen LogP contribution < -0.4 is 11.1 Å². The number of nitrogen functional groups attached to an aromatic ring is 1. The fourth-order valence-corrected chi connectivity index (χ4v) is 2.45. The summed E-state index contributed by atoms with van der Waals surface area (Å²) in [6, 6.07) is 5.68. The Morgan fingerprint density at radius 1 is 1.63 bits per heavy atom. The van der Waals surface area contributed by atoms with Crippen molar-refractivity contribution in [2.24, 2.45) is 0 Å². The molecule has 1 heterocycles. The minimum atomic E-state index is -0.377. The van der Waals surface area contributed by atoms with Crippen LogP contribution in [0.3, 0.4) is 0 Å². The molecule has 5 nitrogen and oxygen atoms in total.